The van der Waals surface area contributed by atoms with Gasteiger partial charge in [-0.05, 0) is 67.3 Å². The van der Waals surface area contributed by atoms with Crippen LogP contribution in [0.2, 0.25) is 0 Å². The molecule has 1 amide bonds. The van der Waals surface area contributed by atoms with Crippen LogP contribution in [0.15, 0.2) is 66.7 Å². The quantitative estimate of drug-likeness (QED) is 0.639. The number of nitrogens with one attached hydrogen (secondary N) is 1. The SMILES string of the molecule is COc1ccc(C[C@H](Cc2ccc3c(c2)OCO3)NC(=O)c2cccc(C)c2)cc1. The zero-order chi connectivity index (χ0) is 20.9. The van der Waals surface area contributed by atoms with Crippen molar-refractivity contribution in [1.82, 2.24) is 5.32 Å². The molecule has 0 saturated heterocycles. The second-order valence-corrected chi connectivity index (χ2v) is 7.48. The topological polar surface area (TPSA) is 56.8 Å². The molecule has 3 aromatic carbocycles. The van der Waals surface area contributed by atoms with Gasteiger partial charge in [-0.2, -0.15) is 0 Å². The predicted octanol–water partition coefficient (Wildman–Crippen LogP) is 4.32. The monoisotopic (exact) mass is 403 g/mol. The number of carbonyl (C=O) groups is 1. The zero-order valence-electron chi connectivity index (χ0n) is 17.2. The van der Waals surface area contributed by atoms with Gasteiger partial charge in [-0.25, -0.2) is 0 Å². The molecule has 5 heteroatoms. The first-order chi connectivity index (χ1) is 14.6. The van der Waals surface area contributed by atoms with Crippen LogP contribution in [0.25, 0.3) is 0 Å². The van der Waals surface area contributed by atoms with Crippen LogP contribution in [0.4, 0.5) is 0 Å². The van der Waals surface area contributed by atoms with Crippen LogP contribution in [0.1, 0.15) is 27.0 Å². The summed E-state index contributed by atoms with van der Waals surface area (Å²) in [7, 11) is 1.65. The molecule has 0 aromatic heterocycles. The number of amides is 1. The molecule has 0 radical (unpaired) electrons. The second-order valence-electron chi connectivity index (χ2n) is 7.48. The molecule has 0 fully saturated rings. The maximum absolute atomic E-state index is 12.9. The van der Waals surface area contributed by atoms with Crippen molar-refractivity contribution in [2.45, 2.75) is 25.8 Å². The van der Waals surface area contributed by atoms with Gasteiger partial charge >= 0.3 is 0 Å². The van der Waals surface area contributed by atoms with E-state index in [1.165, 1.54) is 0 Å². The first-order valence-corrected chi connectivity index (χ1v) is 10.00. The van der Waals surface area contributed by atoms with Crippen molar-refractivity contribution < 1.29 is 19.0 Å². The smallest absolute Gasteiger partial charge is 0.251 e. The van der Waals surface area contributed by atoms with E-state index in [1.54, 1.807) is 7.11 Å². The van der Waals surface area contributed by atoms with Crippen molar-refractivity contribution in [3.63, 3.8) is 0 Å². The van der Waals surface area contributed by atoms with E-state index in [1.807, 2.05) is 73.7 Å². The Morgan fingerprint density at radius 2 is 1.70 bits per heavy atom. The van der Waals surface area contributed by atoms with Crippen LogP contribution in [-0.4, -0.2) is 25.9 Å². The van der Waals surface area contributed by atoms with Crippen molar-refractivity contribution in [2.24, 2.45) is 0 Å². The number of rotatable bonds is 7. The van der Waals surface area contributed by atoms with Gasteiger partial charge in [0, 0.05) is 11.6 Å². The summed E-state index contributed by atoms with van der Waals surface area (Å²) in [5.41, 5.74) is 3.94. The van der Waals surface area contributed by atoms with Gasteiger partial charge in [0.15, 0.2) is 11.5 Å². The fourth-order valence-corrected chi connectivity index (χ4v) is 3.63. The molecule has 1 aliphatic rings. The fourth-order valence-electron chi connectivity index (χ4n) is 3.63. The van der Waals surface area contributed by atoms with Crippen LogP contribution < -0.4 is 19.5 Å². The van der Waals surface area contributed by atoms with Crippen molar-refractivity contribution >= 4 is 5.91 Å². The van der Waals surface area contributed by atoms with Gasteiger partial charge in [-0.15, -0.1) is 0 Å². The van der Waals surface area contributed by atoms with Gasteiger partial charge in [-0.1, -0.05) is 35.9 Å². The summed E-state index contributed by atoms with van der Waals surface area (Å²) >= 11 is 0. The lowest BCUT2D eigenvalue weighted by Crippen LogP contribution is -2.38. The Balaban J connectivity index is 1.54. The highest BCUT2D eigenvalue weighted by atomic mass is 16.7. The Morgan fingerprint density at radius 1 is 0.967 bits per heavy atom. The van der Waals surface area contributed by atoms with Crippen molar-refractivity contribution in [1.29, 1.82) is 0 Å². The Morgan fingerprint density at radius 3 is 2.47 bits per heavy atom. The van der Waals surface area contributed by atoms with Crippen LogP contribution in [0.5, 0.6) is 17.2 Å². The number of hydrogen-bond acceptors (Lipinski definition) is 4. The molecule has 154 valence electrons. The fraction of sp³-hybridized carbons (Fsp3) is 0.240. The molecule has 1 heterocycles. The van der Waals surface area contributed by atoms with E-state index in [-0.39, 0.29) is 18.7 Å². The summed E-state index contributed by atoms with van der Waals surface area (Å²) in [5.74, 6) is 2.25. The number of methoxy groups -OCH3 is 1. The van der Waals surface area contributed by atoms with E-state index in [4.69, 9.17) is 14.2 Å². The average molecular weight is 403 g/mol. The molecule has 1 atom stereocenters. The first kappa shape index (κ1) is 19.8. The molecule has 0 spiro atoms. The molecule has 3 aromatic rings. The largest absolute Gasteiger partial charge is 0.497 e. The minimum absolute atomic E-state index is 0.0713. The summed E-state index contributed by atoms with van der Waals surface area (Å²) in [6.45, 7) is 2.23. The van der Waals surface area contributed by atoms with Gasteiger partial charge < -0.3 is 19.5 Å². The minimum Gasteiger partial charge on any atom is -0.497 e. The van der Waals surface area contributed by atoms with E-state index in [9.17, 15) is 4.79 Å². The zero-order valence-corrected chi connectivity index (χ0v) is 17.2. The third kappa shape index (κ3) is 4.74. The van der Waals surface area contributed by atoms with Crippen molar-refractivity contribution in [2.75, 3.05) is 13.9 Å². The highest BCUT2D eigenvalue weighted by molar-refractivity contribution is 5.94. The second kappa shape index (κ2) is 8.91. The van der Waals surface area contributed by atoms with E-state index in [0.29, 0.717) is 18.4 Å². The number of carbonyl (C=O) groups excluding carboxylic acids is 1. The lowest BCUT2D eigenvalue weighted by Gasteiger charge is -2.20. The molecule has 0 saturated carbocycles. The van der Waals surface area contributed by atoms with Crippen molar-refractivity contribution in [3.05, 3.63) is 89.0 Å². The van der Waals surface area contributed by atoms with E-state index >= 15 is 0 Å². The Kier molecular flexibility index (Phi) is 5.89. The molecule has 1 aliphatic heterocycles. The van der Waals surface area contributed by atoms with Crippen molar-refractivity contribution in [3.8, 4) is 17.2 Å². The molecule has 0 bridgehead atoms. The standard InChI is InChI=1S/C25H25NO4/c1-17-4-3-5-20(12-17)25(27)26-21(13-18-6-9-22(28-2)10-7-18)14-19-8-11-23-24(15-19)30-16-29-23/h3-12,15,21H,13-14,16H2,1-2H3,(H,26,27)/t21-/m1/s1. The van der Waals surface area contributed by atoms with Gasteiger partial charge in [0.2, 0.25) is 6.79 Å². The maximum atomic E-state index is 12.9. The third-order valence-electron chi connectivity index (χ3n) is 5.18. The molecule has 0 aliphatic carbocycles. The summed E-state index contributed by atoms with van der Waals surface area (Å²) in [6.07, 6.45) is 1.39. The summed E-state index contributed by atoms with van der Waals surface area (Å²) in [6, 6.07) is 21.4. The first-order valence-electron chi connectivity index (χ1n) is 10.00. The van der Waals surface area contributed by atoms with Crippen LogP contribution in [-0.2, 0) is 12.8 Å². The number of benzene rings is 3. The summed E-state index contributed by atoms with van der Waals surface area (Å²) in [5, 5.41) is 3.21. The Labute approximate surface area is 176 Å². The van der Waals surface area contributed by atoms with Gasteiger partial charge in [0.25, 0.3) is 5.91 Å². The van der Waals surface area contributed by atoms with Crippen LogP contribution >= 0.6 is 0 Å². The lowest BCUT2D eigenvalue weighted by molar-refractivity contribution is 0.0936. The number of ether oxygens (including phenoxy) is 3. The number of aryl methyl sites for hydroxylation is 1. The average Bonchev–Trinajstić information content (AvgIpc) is 3.22. The van der Waals surface area contributed by atoms with Crippen LogP contribution in [0, 0.1) is 6.92 Å². The maximum Gasteiger partial charge on any atom is 0.251 e. The molecule has 4 rings (SSSR count). The summed E-state index contributed by atoms with van der Waals surface area (Å²) in [4.78, 5) is 12.9. The third-order valence-corrected chi connectivity index (χ3v) is 5.18. The number of fused-ring (bicyclic) bond motifs is 1. The molecule has 1 N–H and O–H groups in total. The predicted molar refractivity (Wildman–Crippen MR) is 115 cm³/mol. The van der Waals surface area contributed by atoms with Gasteiger partial charge in [0.1, 0.15) is 5.75 Å². The van der Waals surface area contributed by atoms with Crippen LogP contribution in [0.3, 0.4) is 0 Å². The minimum atomic E-state index is -0.0771. The highest BCUT2D eigenvalue weighted by Gasteiger charge is 2.18. The van der Waals surface area contributed by atoms with E-state index < -0.39 is 0 Å². The molecular formula is C25H25NO4. The van der Waals surface area contributed by atoms with Gasteiger partial charge in [0.05, 0.1) is 7.11 Å². The van der Waals surface area contributed by atoms with E-state index in [0.717, 1.165) is 33.9 Å². The number of hydrogen-bond donors (Lipinski definition) is 1. The Hall–Kier alpha value is -3.47. The van der Waals surface area contributed by atoms with Gasteiger partial charge in [-0.3, -0.25) is 4.79 Å². The molecule has 5 nitrogen and oxygen atoms in total. The normalized spacial score (nSPS) is 13.0. The highest BCUT2D eigenvalue weighted by Crippen LogP contribution is 2.33. The summed E-state index contributed by atoms with van der Waals surface area (Å²) < 4.78 is 16.2. The molecular weight excluding hydrogens is 378 g/mol. The molecule has 30 heavy (non-hydrogen) atoms. The Bertz CT molecular complexity index is 1030. The van der Waals surface area contributed by atoms with E-state index in [2.05, 4.69) is 5.32 Å². The lowest BCUT2D eigenvalue weighted by atomic mass is 9.98. The molecule has 0 unspecified atom stereocenters.